The molecule has 2 aromatic rings. The highest BCUT2D eigenvalue weighted by Gasteiger charge is 2.18. The monoisotopic (exact) mass is 390 g/mol. The number of hydrogen-bond acceptors (Lipinski definition) is 5. The minimum Gasteiger partial charge on any atom is -0.354 e. The molecule has 0 aliphatic heterocycles. The molecule has 0 saturated heterocycles. The lowest BCUT2D eigenvalue weighted by atomic mass is 9.94. The Morgan fingerprint density at radius 2 is 1.96 bits per heavy atom. The van der Waals surface area contributed by atoms with Crippen LogP contribution < -0.4 is 16.6 Å². The lowest BCUT2D eigenvalue weighted by Gasteiger charge is -2.31. The van der Waals surface area contributed by atoms with Crippen molar-refractivity contribution < 1.29 is 4.79 Å². The normalized spacial score (nSPS) is 15.4. The number of aromatic nitrogens is 4. The van der Waals surface area contributed by atoms with Crippen molar-refractivity contribution in [2.24, 2.45) is 14.1 Å². The van der Waals surface area contributed by atoms with Gasteiger partial charge in [-0.05, 0) is 32.9 Å². The molecule has 3 rings (SSSR count). The molecule has 9 heteroatoms. The van der Waals surface area contributed by atoms with Crippen LogP contribution in [0.4, 0.5) is 0 Å². The SMILES string of the molecule is CN(CCCNC(=O)Cn1c(=O)c2c(ncn2C)n(C)c1=O)C1CCCCC1. The predicted octanol–water partition coefficient (Wildman–Crippen LogP) is 0.205. The van der Waals surface area contributed by atoms with Crippen LogP contribution in [0, 0.1) is 0 Å². The van der Waals surface area contributed by atoms with Crippen LogP contribution in [-0.2, 0) is 25.4 Å². The van der Waals surface area contributed by atoms with Gasteiger partial charge in [-0.1, -0.05) is 19.3 Å². The van der Waals surface area contributed by atoms with Gasteiger partial charge in [0.05, 0.1) is 6.33 Å². The Balaban J connectivity index is 1.56. The number of amides is 1. The first-order valence-corrected chi connectivity index (χ1v) is 9.98. The summed E-state index contributed by atoms with van der Waals surface area (Å²) in [6.45, 7) is 1.16. The molecule has 2 aromatic heterocycles. The van der Waals surface area contributed by atoms with Gasteiger partial charge in [0.1, 0.15) is 6.54 Å². The molecule has 2 heterocycles. The smallest absolute Gasteiger partial charge is 0.332 e. The molecule has 1 amide bonds. The summed E-state index contributed by atoms with van der Waals surface area (Å²) in [5, 5.41) is 2.82. The molecule has 1 fully saturated rings. The van der Waals surface area contributed by atoms with E-state index in [1.54, 1.807) is 18.7 Å². The number of fused-ring (bicyclic) bond motifs is 1. The molecular formula is C19H30N6O3. The Labute approximate surface area is 164 Å². The van der Waals surface area contributed by atoms with Crippen molar-refractivity contribution in [2.75, 3.05) is 20.1 Å². The van der Waals surface area contributed by atoms with E-state index in [0.29, 0.717) is 23.8 Å². The fourth-order valence-electron chi connectivity index (χ4n) is 4.00. The van der Waals surface area contributed by atoms with Gasteiger partial charge in [-0.3, -0.25) is 14.2 Å². The largest absolute Gasteiger partial charge is 0.354 e. The van der Waals surface area contributed by atoms with Crippen molar-refractivity contribution in [3.05, 3.63) is 27.2 Å². The van der Waals surface area contributed by atoms with Gasteiger partial charge in [-0.15, -0.1) is 0 Å². The van der Waals surface area contributed by atoms with Crippen LogP contribution in [0.15, 0.2) is 15.9 Å². The molecule has 1 aliphatic rings. The number of rotatable bonds is 7. The second-order valence-corrected chi connectivity index (χ2v) is 7.74. The van der Waals surface area contributed by atoms with Gasteiger partial charge >= 0.3 is 5.69 Å². The molecule has 0 unspecified atom stereocenters. The fraction of sp³-hybridized carbons (Fsp3) is 0.684. The first kappa shape index (κ1) is 20.3. The van der Waals surface area contributed by atoms with E-state index in [-0.39, 0.29) is 12.5 Å². The van der Waals surface area contributed by atoms with Crippen molar-refractivity contribution >= 4 is 17.1 Å². The fourth-order valence-corrected chi connectivity index (χ4v) is 4.00. The highest BCUT2D eigenvalue weighted by Crippen LogP contribution is 2.21. The van der Waals surface area contributed by atoms with Crippen LogP contribution in [0.5, 0.6) is 0 Å². The maximum Gasteiger partial charge on any atom is 0.332 e. The maximum atomic E-state index is 12.6. The molecule has 0 spiro atoms. The zero-order valence-corrected chi connectivity index (χ0v) is 17.0. The van der Waals surface area contributed by atoms with Gasteiger partial charge in [0.2, 0.25) is 5.91 Å². The number of aryl methyl sites for hydroxylation is 2. The molecule has 0 radical (unpaired) electrons. The number of carbonyl (C=O) groups excluding carboxylic acids is 1. The Morgan fingerprint density at radius 3 is 2.68 bits per heavy atom. The van der Waals surface area contributed by atoms with Crippen molar-refractivity contribution in [2.45, 2.75) is 51.1 Å². The van der Waals surface area contributed by atoms with Gasteiger partial charge in [-0.2, -0.15) is 0 Å². The zero-order chi connectivity index (χ0) is 20.3. The Kier molecular flexibility index (Phi) is 6.33. The topological polar surface area (TPSA) is 94.2 Å². The van der Waals surface area contributed by atoms with Crippen molar-refractivity contribution in [1.29, 1.82) is 0 Å². The number of hydrogen-bond donors (Lipinski definition) is 1. The standard InChI is InChI=1S/C19H30N6O3/c1-22(14-8-5-4-6-9-14)11-7-10-20-15(26)12-25-18(27)16-17(21-13-23(16)2)24(3)19(25)28/h13-14H,4-12H2,1-3H3,(H,20,26). The average Bonchev–Trinajstić information content (AvgIpc) is 3.09. The minimum atomic E-state index is -0.539. The zero-order valence-electron chi connectivity index (χ0n) is 17.0. The molecule has 1 aliphatic carbocycles. The maximum absolute atomic E-state index is 12.6. The van der Waals surface area contributed by atoms with E-state index in [1.165, 1.54) is 43.0 Å². The third-order valence-electron chi connectivity index (χ3n) is 5.71. The number of nitrogens with zero attached hydrogens (tertiary/aromatic N) is 5. The summed E-state index contributed by atoms with van der Waals surface area (Å²) in [5.74, 6) is -0.332. The van der Waals surface area contributed by atoms with E-state index in [1.807, 2.05) is 0 Å². The van der Waals surface area contributed by atoms with E-state index in [0.717, 1.165) is 17.5 Å². The highest BCUT2D eigenvalue weighted by molar-refractivity contribution is 5.76. The third kappa shape index (κ3) is 4.19. The number of carbonyl (C=O) groups is 1. The first-order valence-electron chi connectivity index (χ1n) is 9.98. The molecule has 0 bridgehead atoms. The summed E-state index contributed by atoms with van der Waals surface area (Å²) >= 11 is 0. The van der Waals surface area contributed by atoms with E-state index in [9.17, 15) is 14.4 Å². The molecule has 1 N–H and O–H groups in total. The average molecular weight is 390 g/mol. The van der Waals surface area contributed by atoms with Crippen LogP contribution in [-0.4, -0.2) is 55.7 Å². The van der Waals surface area contributed by atoms with Gasteiger partial charge in [-0.25, -0.2) is 14.3 Å². The van der Waals surface area contributed by atoms with Crippen LogP contribution in [0.25, 0.3) is 11.2 Å². The minimum absolute atomic E-state index is 0.287. The highest BCUT2D eigenvalue weighted by atomic mass is 16.2. The molecule has 0 atom stereocenters. The van der Waals surface area contributed by atoms with E-state index < -0.39 is 11.2 Å². The summed E-state index contributed by atoms with van der Waals surface area (Å²) in [5.41, 5.74) is -0.405. The van der Waals surface area contributed by atoms with Crippen LogP contribution in [0.2, 0.25) is 0 Å². The summed E-state index contributed by atoms with van der Waals surface area (Å²) in [4.78, 5) is 43.8. The second-order valence-electron chi connectivity index (χ2n) is 7.74. The van der Waals surface area contributed by atoms with Gasteiger partial charge in [0.25, 0.3) is 5.56 Å². The number of nitrogens with one attached hydrogen (secondary N) is 1. The summed E-state index contributed by atoms with van der Waals surface area (Å²) in [6, 6.07) is 0.650. The summed E-state index contributed by atoms with van der Waals surface area (Å²) in [7, 11) is 5.38. The van der Waals surface area contributed by atoms with Crippen molar-refractivity contribution in [3.63, 3.8) is 0 Å². The van der Waals surface area contributed by atoms with E-state index in [2.05, 4.69) is 22.2 Å². The molecule has 0 aromatic carbocycles. The number of imidazole rings is 1. The lowest BCUT2D eigenvalue weighted by molar-refractivity contribution is -0.121. The van der Waals surface area contributed by atoms with Crippen LogP contribution >= 0.6 is 0 Å². The van der Waals surface area contributed by atoms with Crippen LogP contribution in [0.3, 0.4) is 0 Å². The molecular weight excluding hydrogens is 360 g/mol. The molecule has 9 nitrogen and oxygen atoms in total. The van der Waals surface area contributed by atoms with Gasteiger partial charge in [0, 0.05) is 26.7 Å². The Hall–Kier alpha value is -2.42. The van der Waals surface area contributed by atoms with Crippen LogP contribution in [0.1, 0.15) is 38.5 Å². The quantitative estimate of drug-likeness (QED) is 0.682. The predicted molar refractivity (Wildman–Crippen MR) is 107 cm³/mol. The van der Waals surface area contributed by atoms with Crippen molar-refractivity contribution in [1.82, 2.24) is 28.9 Å². The van der Waals surface area contributed by atoms with E-state index >= 15 is 0 Å². The van der Waals surface area contributed by atoms with E-state index in [4.69, 9.17) is 0 Å². The first-order chi connectivity index (χ1) is 13.4. The van der Waals surface area contributed by atoms with Gasteiger partial charge < -0.3 is 14.8 Å². The lowest BCUT2D eigenvalue weighted by Crippen LogP contribution is -2.44. The van der Waals surface area contributed by atoms with Crippen molar-refractivity contribution in [3.8, 4) is 0 Å². The molecule has 1 saturated carbocycles. The Bertz CT molecular complexity index is 951. The van der Waals surface area contributed by atoms with Gasteiger partial charge in [0.15, 0.2) is 11.2 Å². The second kappa shape index (κ2) is 8.72. The summed E-state index contributed by atoms with van der Waals surface area (Å²) in [6.07, 6.45) is 8.78. The summed E-state index contributed by atoms with van der Waals surface area (Å²) < 4.78 is 3.82. The third-order valence-corrected chi connectivity index (χ3v) is 5.71. The Morgan fingerprint density at radius 1 is 1.25 bits per heavy atom. The molecule has 154 valence electrons. The molecule has 28 heavy (non-hydrogen) atoms.